The standard InChI is InChI=1S/C27H25BrO3/c28-26-17-23-12-13-25(30-15-7-14-29-19-21-8-3-1-4-9-21)16-24(23)18-27(26)31-20-22-10-5-2-6-11-22/h1-6,8-13,16-18H,7,14-15,19-20H2. The Labute approximate surface area is 191 Å². The van der Waals surface area contributed by atoms with Crippen LogP contribution in [-0.2, 0) is 18.0 Å². The first-order valence-corrected chi connectivity index (χ1v) is 11.2. The highest BCUT2D eigenvalue weighted by Gasteiger charge is 2.06. The zero-order valence-corrected chi connectivity index (χ0v) is 18.9. The van der Waals surface area contributed by atoms with Gasteiger partial charge in [0, 0.05) is 6.42 Å². The van der Waals surface area contributed by atoms with E-state index in [1.54, 1.807) is 0 Å². The molecule has 0 atom stereocenters. The highest BCUT2D eigenvalue weighted by Crippen LogP contribution is 2.33. The second kappa shape index (κ2) is 11.0. The molecule has 31 heavy (non-hydrogen) atoms. The predicted octanol–water partition coefficient (Wildman–Crippen LogP) is 7.17. The summed E-state index contributed by atoms with van der Waals surface area (Å²) in [5, 5.41) is 2.22. The first kappa shape index (κ1) is 21.4. The third-order valence-electron chi connectivity index (χ3n) is 4.91. The van der Waals surface area contributed by atoms with Gasteiger partial charge >= 0.3 is 0 Å². The third kappa shape index (κ3) is 6.33. The van der Waals surface area contributed by atoms with Crippen LogP contribution < -0.4 is 9.47 Å². The van der Waals surface area contributed by atoms with E-state index in [4.69, 9.17) is 14.2 Å². The zero-order chi connectivity index (χ0) is 21.3. The summed E-state index contributed by atoms with van der Waals surface area (Å²) in [7, 11) is 0. The lowest BCUT2D eigenvalue weighted by atomic mass is 10.1. The van der Waals surface area contributed by atoms with E-state index in [-0.39, 0.29) is 0 Å². The van der Waals surface area contributed by atoms with Crippen LogP contribution in [0.15, 0.2) is 95.5 Å². The quantitative estimate of drug-likeness (QED) is 0.227. The molecule has 0 aliphatic heterocycles. The minimum absolute atomic E-state index is 0.532. The van der Waals surface area contributed by atoms with Gasteiger partial charge in [-0.1, -0.05) is 66.7 Å². The molecule has 0 amide bonds. The smallest absolute Gasteiger partial charge is 0.134 e. The first-order valence-electron chi connectivity index (χ1n) is 10.4. The van der Waals surface area contributed by atoms with Crippen LogP contribution in [0.4, 0.5) is 0 Å². The zero-order valence-electron chi connectivity index (χ0n) is 17.3. The third-order valence-corrected chi connectivity index (χ3v) is 5.53. The van der Waals surface area contributed by atoms with Crippen molar-refractivity contribution < 1.29 is 14.2 Å². The number of halogens is 1. The Morgan fingerprint density at radius 2 is 1.32 bits per heavy atom. The number of benzene rings is 4. The molecule has 0 aliphatic carbocycles. The van der Waals surface area contributed by atoms with Gasteiger partial charge in [-0.15, -0.1) is 0 Å². The summed E-state index contributed by atoms with van der Waals surface area (Å²) in [6.45, 7) is 2.46. The molecule has 0 heterocycles. The summed E-state index contributed by atoms with van der Waals surface area (Å²) in [4.78, 5) is 0. The van der Waals surface area contributed by atoms with Gasteiger partial charge in [0.1, 0.15) is 18.1 Å². The molecule has 4 rings (SSSR count). The normalized spacial score (nSPS) is 10.9. The van der Waals surface area contributed by atoms with E-state index in [1.165, 1.54) is 5.56 Å². The van der Waals surface area contributed by atoms with E-state index < -0.39 is 0 Å². The monoisotopic (exact) mass is 476 g/mol. The van der Waals surface area contributed by atoms with E-state index in [2.05, 4.69) is 64.5 Å². The Kier molecular flexibility index (Phi) is 7.59. The van der Waals surface area contributed by atoms with Gasteiger partial charge in [0.05, 0.1) is 24.3 Å². The molecule has 0 saturated heterocycles. The van der Waals surface area contributed by atoms with Crippen molar-refractivity contribution in [2.45, 2.75) is 19.6 Å². The molecule has 3 nitrogen and oxygen atoms in total. The highest BCUT2D eigenvalue weighted by atomic mass is 79.9. The average molecular weight is 477 g/mol. The van der Waals surface area contributed by atoms with E-state index in [0.29, 0.717) is 26.4 Å². The number of hydrogen-bond acceptors (Lipinski definition) is 3. The lowest BCUT2D eigenvalue weighted by Gasteiger charge is -2.12. The SMILES string of the molecule is Brc1cc2ccc(OCCCOCc3ccccc3)cc2cc1OCc1ccccc1. The van der Waals surface area contributed by atoms with E-state index in [1.807, 2.05) is 42.5 Å². The molecule has 0 N–H and O–H groups in total. The fraction of sp³-hybridized carbons (Fsp3) is 0.185. The molecule has 0 spiro atoms. The molecule has 158 valence electrons. The maximum atomic E-state index is 6.03. The minimum Gasteiger partial charge on any atom is -0.493 e. The minimum atomic E-state index is 0.532. The van der Waals surface area contributed by atoms with Gasteiger partial charge in [-0.05, 0) is 62.1 Å². The topological polar surface area (TPSA) is 27.7 Å². The van der Waals surface area contributed by atoms with E-state index >= 15 is 0 Å². The molecular weight excluding hydrogens is 452 g/mol. The number of rotatable bonds is 10. The molecule has 0 aromatic heterocycles. The van der Waals surface area contributed by atoms with Crippen LogP contribution in [0.5, 0.6) is 11.5 Å². The van der Waals surface area contributed by atoms with Gasteiger partial charge in [0.25, 0.3) is 0 Å². The average Bonchev–Trinajstić information content (AvgIpc) is 2.81. The molecule has 0 radical (unpaired) electrons. The van der Waals surface area contributed by atoms with Gasteiger partial charge in [0.2, 0.25) is 0 Å². The molecular formula is C27H25BrO3. The number of fused-ring (bicyclic) bond motifs is 1. The highest BCUT2D eigenvalue weighted by molar-refractivity contribution is 9.10. The number of ether oxygens (including phenoxy) is 3. The van der Waals surface area contributed by atoms with Crippen molar-refractivity contribution >= 4 is 26.7 Å². The van der Waals surface area contributed by atoms with Gasteiger partial charge in [-0.3, -0.25) is 0 Å². The van der Waals surface area contributed by atoms with Crippen molar-refractivity contribution in [3.63, 3.8) is 0 Å². The van der Waals surface area contributed by atoms with Crippen molar-refractivity contribution in [3.8, 4) is 11.5 Å². The van der Waals surface area contributed by atoms with Crippen LogP contribution in [0.2, 0.25) is 0 Å². The molecule has 0 bridgehead atoms. The van der Waals surface area contributed by atoms with Crippen LogP contribution in [0.3, 0.4) is 0 Å². The second-order valence-corrected chi connectivity index (χ2v) is 8.16. The van der Waals surface area contributed by atoms with E-state index in [9.17, 15) is 0 Å². The Morgan fingerprint density at radius 3 is 2.06 bits per heavy atom. The summed E-state index contributed by atoms with van der Waals surface area (Å²) in [5.41, 5.74) is 2.33. The summed E-state index contributed by atoms with van der Waals surface area (Å²) < 4.78 is 18.6. The molecule has 0 fully saturated rings. The molecule has 0 saturated carbocycles. The van der Waals surface area contributed by atoms with Crippen molar-refractivity contribution in [2.24, 2.45) is 0 Å². The molecule has 4 aromatic rings. The van der Waals surface area contributed by atoms with Crippen molar-refractivity contribution in [1.29, 1.82) is 0 Å². The Morgan fingerprint density at radius 1 is 0.613 bits per heavy atom. The lowest BCUT2D eigenvalue weighted by molar-refractivity contribution is 0.107. The van der Waals surface area contributed by atoms with Gasteiger partial charge in [0.15, 0.2) is 0 Å². The van der Waals surface area contributed by atoms with Crippen LogP contribution in [0.1, 0.15) is 17.5 Å². The van der Waals surface area contributed by atoms with Crippen molar-refractivity contribution in [3.05, 3.63) is 107 Å². The molecule has 0 aliphatic rings. The summed E-state index contributed by atoms with van der Waals surface area (Å²) in [6.07, 6.45) is 0.844. The van der Waals surface area contributed by atoms with E-state index in [0.717, 1.165) is 38.7 Å². The Balaban J connectivity index is 1.29. The fourth-order valence-corrected chi connectivity index (χ4v) is 3.75. The molecule has 4 heteroatoms. The number of hydrogen-bond donors (Lipinski definition) is 0. The van der Waals surface area contributed by atoms with Crippen LogP contribution in [0.25, 0.3) is 10.8 Å². The van der Waals surface area contributed by atoms with Crippen LogP contribution in [0, 0.1) is 0 Å². The van der Waals surface area contributed by atoms with Crippen molar-refractivity contribution in [1.82, 2.24) is 0 Å². The fourth-order valence-electron chi connectivity index (χ4n) is 3.28. The maximum absolute atomic E-state index is 6.03. The van der Waals surface area contributed by atoms with Crippen LogP contribution in [-0.4, -0.2) is 13.2 Å². The van der Waals surface area contributed by atoms with Gasteiger partial charge in [-0.2, -0.15) is 0 Å². The van der Waals surface area contributed by atoms with Gasteiger partial charge in [-0.25, -0.2) is 0 Å². The molecule has 4 aromatic carbocycles. The predicted molar refractivity (Wildman–Crippen MR) is 129 cm³/mol. The Hall–Kier alpha value is -2.82. The molecule has 0 unspecified atom stereocenters. The largest absolute Gasteiger partial charge is 0.493 e. The van der Waals surface area contributed by atoms with Crippen LogP contribution >= 0.6 is 15.9 Å². The van der Waals surface area contributed by atoms with Crippen molar-refractivity contribution in [2.75, 3.05) is 13.2 Å². The first-order chi connectivity index (χ1) is 15.3. The summed E-state index contributed by atoms with van der Waals surface area (Å²) in [5.74, 6) is 1.68. The summed E-state index contributed by atoms with van der Waals surface area (Å²) >= 11 is 3.62. The van der Waals surface area contributed by atoms with Gasteiger partial charge < -0.3 is 14.2 Å². The Bertz CT molecular complexity index is 1100. The maximum Gasteiger partial charge on any atom is 0.134 e. The lowest BCUT2D eigenvalue weighted by Crippen LogP contribution is -2.03. The second-order valence-electron chi connectivity index (χ2n) is 7.31. The summed E-state index contributed by atoms with van der Waals surface area (Å²) in [6, 6.07) is 30.6.